The molecule has 0 saturated carbocycles. The average molecular weight is 488 g/mol. The van der Waals surface area contributed by atoms with Crippen molar-refractivity contribution >= 4 is 29.5 Å². The predicted molar refractivity (Wildman–Crippen MR) is 137 cm³/mol. The van der Waals surface area contributed by atoms with E-state index in [-0.39, 0.29) is 5.88 Å². The lowest BCUT2D eigenvalue weighted by atomic mass is 9.89. The number of benzene rings is 2. The van der Waals surface area contributed by atoms with Crippen LogP contribution < -0.4 is 4.74 Å². The lowest BCUT2D eigenvalue weighted by Gasteiger charge is -2.17. The number of aromatic nitrogens is 2. The molecule has 2 aromatic carbocycles. The van der Waals surface area contributed by atoms with Gasteiger partial charge in [-0.25, -0.2) is 4.98 Å². The second kappa shape index (κ2) is 9.57. The molecule has 1 radical (unpaired) electrons. The molecule has 169 valence electrons. The third-order valence-corrected chi connectivity index (χ3v) is 6.88. The maximum Gasteiger partial charge on any atom is 0.224 e. The number of carbonyl (C=O) groups is 1. The first kappa shape index (κ1) is 22.6. The molecule has 0 saturated heterocycles. The van der Waals surface area contributed by atoms with Crippen LogP contribution in [0.25, 0.3) is 33.6 Å². The Labute approximate surface area is 208 Å². The molecule has 4 nitrogen and oxygen atoms in total. The number of ether oxygens (including phenoxy) is 1. The van der Waals surface area contributed by atoms with Gasteiger partial charge in [-0.1, -0.05) is 53.5 Å². The minimum absolute atomic E-state index is 0.253. The first-order chi connectivity index (χ1) is 16.6. The fraction of sp³-hybridized carbons (Fsp3) is 0.143. The molecule has 0 N–H and O–H groups in total. The van der Waals surface area contributed by atoms with Crippen LogP contribution in [0.2, 0.25) is 10.0 Å². The molecule has 1 aliphatic carbocycles. The number of hydrogen-bond donors (Lipinski definition) is 0. The van der Waals surface area contributed by atoms with Crippen LogP contribution in [0.1, 0.15) is 34.3 Å². The van der Waals surface area contributed by atoms with Crippen molar-refractivity contribution in [3.05, 3.63) is 94.0 Å². The Morgan fingerprint density at radius 1 is 0.971 bits per heavy atom. The summed E-state index contributed by atoms with van der Waals surface area (Å²) in [4.78, 5) is 20.3. The largest absolute Gasteiger partial charge is 0.480 e. The molecule has 0 unspecified atom stereocenters. The van der Waals surface area contributed by atoms with Crippen LogP contribution in [0, 0.1) is 6.42 Å². The van der Waals surface area contributed by atoms with Crippen LogP contribution >= 0.6 is 23.2 Å². The van der Waals surface area contributed by atoms with E-state index in [0.29, 0.717) is 33.2 Å². The molecule has 0 spiro atoms. The zero-order valence-electron chi connectivity index (χ0n) is 18.5. The molecule has 6 heteroatoms. The molecule has 0 atom stereocenters. The van der Waals surface area contributed by atoms with Crippen molar-refractivity contribution < 1.29 is 9.53 Å². The summed E-state index contributed by atoms with van der Waals surface area (Å²) in [6.07, 6.45) is 8.09. The predicted octanol–water partition coefficient (Wildman–Crippen LogP) is 7.49. The maximum absolute atomic E-state index is 11.2. The van der Waals surface area contributed by atoms with Crippen LogP contribution in [0.5, 0.6) is 5.88 Å². The van der Waals surface area contributed by atoms with Gasteiger partial charge in [0.1, 0.15) is 0 Å². The number of methoxy groups -OCH3 is 1. The smallest absolute Gasteiger partial charge is 0.224 e. The van der Waals surface area contributed by atoms with E-state index in [1.165, 1.54) is 18.2 Å². The number of rotatable bonds is 5. The highest BCUT2D eigenvalue weighted by atomic mass is 35.5. The SMILES string of the molecule is COc1nc(-c2cccc(-c3ccnc(-c4ccc5c(c4)CCC[CH]5)c3Cl)c2Cl)ccc1C=O. The Morgan fingerprint density at radius 2 is 1.79 bits per heavy atom. The van der Waals surface area contributed by atoms with Crippen LogP contribution in [0.15, 0.2) is 60.8 Å². The van der Waals surface area contributed by atoms with Crippen molar-refractivity contribution in [2.45, 2.75) is 19.3 Å². The van der Waals surface area contributed by atoms with Gasteiger partial charge < -0.3 is 4.74 Å². The molecule has 0 fully saturated rings. The van der Waals surface area contributed by atoms with Crippen molar-refractivity contribution in [3.63, 3.8) is 0 Å². The first-order valence-electron chi connectivity index (χ1n) is 11.0. The molecule has 0 aliphatic heterocycles. The highest BCUT2D eigenvalue weighted by Gasteiger charge is 2.18. The van der Waals surface area contributed by atoms with Gasteiger partial charge in [-0.2, -0.15) is 0 Å². The average Bonchev–Trinajstić information content (AvgIpc) is 2.88. The quantitative estimate of drug-likeness (QED) is 0.273. The summed E-state index contributed by atoms with van der Waals surface area (Å²) in [7, 11) is 1.48. The highest BCUT2D eigenvalue weighted by Crippen LogP contribution is 2.42. The number of nitrogens with zero attached hydrogens (tertiary/aromatic N) is 2. The number of hydrogen-bond acceptors (Lipinski definition) is 4. The summed E-state index contributed by atoms with van der Waals surface area (Å²) in [5.74, 6) is 0.253. The van der Waals surface area contributed by atoms with E-state index >= 15 is 0 Å². The van der Waals surface area contributed by atoms with Gasteiger partial charge in [-0.3, -0.25) is 9.78 Å². The van der Waals surface area contributed by atoms with Crippen LogP contribution in [-0.2, 0) is 6.42 Å². The topological polar surface area (TPSA) is 52.1 Å². The van der Waals surface area contributed by atoms with Crippen molar-refractivity contribution in [3.8, 4) is 39.5 Å². The van der Waals surface area contributed by atoms with E-state index in [9.17, 15) is 4.79 Å². The molecule has 5 rings (SSSR count). The molecule has 4 aromatic rings. The van der Waals surface area contributed by atoms with E-state index in [2.05, 4.69) is 34.6 Å². The third-order valence-electron chi connectivity index (χ3n) is 6.09. The normalized spacial score (nSPS) is 12.8. The summed E-state index contributed by atoms with van der Waals surface area (Å²) < 4.78 is 5.26. The lowest BCUT2D eigenvalue weighted by molar-refractivity contribution is 0.112. The molecule has 0 bridgehead atoms. The summed E-state index contributed by atoms with van der Waals surface area (Å²) in [5, 5.41) is 1.05. The number of pyridine rings is 2. The number of aldehydes is 1. The Morgan fingerprint density at radius 3 is 2.62 bits per heavy atom. The molecular weight excluding hydrogens is 467 g/mol. The zero-order chi connectivity index (χ0) is 23.7. The van der Waals surface area contributed by atoms with Crippen molar-refractivity contribution in [1.82, 2.24) is 9.97 Å². The van der Waals surface area contributed by atoms with E-state index in [0.717, 1.165) is 41.6 Å². The van der Waals surface area contributed by atoms with Crippen LogP contribution in [0.4, 0.5) is 0 Å². The highest BCUT2D eigenvalue weighted by molar-refractivity contribution is 6.39. The number of carbonyl (C=O) groups excluding carboxylic acids is 1. The Kier molecular flexibility index (Phi) is 6.36. The number of aryl methyl sites for hydroxylation is 1. The Balaban J connectivity index is 1.59. The van der Waals surface area contributed by atoms with E-state index < -0.39 is 0 Å². The van der Waals surface area contributed by atoms with Gasteiger partial charge in [0.2, 0.25) is 5.88 Å². The molecule has 2 aromatic heterocycles. The Bertz CT molecular complexity index is 1400. The van der Waals surface area contributed by atoms with Crippen LogP contribution in [-0.4, -0.2) is 23.4 Å². The lowest BCUT2D eigenvalue weighted by Crippen LogP contribution is -2.01. The summed E-state index contributed by atoms with van der Waals surface area (Å²) >= 11 is 13.8. The third kappa shape index (κ3) is 4.08. The monoisotopic (exact) mass is 487 g/mol. The number of halogens is 2. The summed E-state index contributed by atoms with van der Waals surface area (Å²) in [6.45, 7) is 0. The zero-order valence-corrected chi connectivity index (χ0v) is 20.0. The van der Waals surface area contributed by atoms with E-state index in [4.69, 9.17) is 27.9 Å². The van der Waals surface area contributed by atoms with Gasteiger partial charge in [0.15, 0.2) is 6.29 Å². The van der Waals surface area contributed by atoms with Crippen molar-refractivity contribution in [1.29, 1.82) is 0 Å². The molecular formula is C28H21Cl2N2O2. The minimum Gasteiger partial charge on any atom is -0.480 e. The molecule has 0 amide bonds. The van der Waals surface area contributed by atoms with Crippen LogP contribution in [0.3, 0.4) is 0 Å². The summed E-state index contributed by atoms with van der Waals surface area (Å²) in [6, 6.07) is 17.4. The van der Waals surface area contributed by atoms with Gasteiger partial charge in [-0.15, -0.1) is 0 Å². The number of fused-ring (bicyclic) bond motifs is 1. The minimum atomic E-state index is 0.253. The van der Waals surface area contributed by atoms with Crippen molar-refractivity contribution in [2.24, 2.45) is 0 Å². The maximum atomic E-state index is 11.2. The summed E-state index contributed by atoms with van der Waals surface area (Å²) in [5.41, 5.74) is 7.60. The van der Waals surface area contributed by atoms with Gasteiger partial charge in [0.25, 0.3) is 0 Å². The second-order valence-electron chi connectivity index (χ2n) is 8.11. The molecule has 2 heterocycles. The molecule has 34 heavy (non-hydrogen) atoms. The fourth-order valence-electron chi connectivity index (χ4n) is 4.36. The fourth-order valence-corrected chi connectivity index (χ4v) is 5.01. The van der Waals surface area contributed by atoms with E-state index in [1.54, 1.807) is 18.3 Å². The standard InChI is InChI=1S/C28H21Cl2N2O2/c1-34-28-20(16-33)11-12-24(32-28)23-8-4-7-21(25(23)29)22-13-14-31-27(26(22)30)19-10-9-17-5-2-3-6-18(17)15-19/h4-5,7-16H,2-3,6H2,1H3. The van der Waals surface area contributed by atoms with E-state index in [1.807, 2.05) is 24.3 Å². The van der Waals surface area contributed by atoms with Gasteiger partial charge in [0.05, 0.1) is 34.1 Å². The Hall–Kier alpha value is -3.21. The first-order valence-corrected chi connectivity index (χ1v) is 11.8. The van der Waals surface area contributed by atoms with Gasteiger partial charge in [0, 0.05) is 28.5 Å². The second-order valence-corrected chi connectivity index (χ2v) is 8.87. The van der Waals surface area contributed by atoms with Gasteiger partial charge >= 0.3 is 0 Å². The molecule has 1 aliphatic rings. The van der Waals surface area contributed by atoms with Crippen molar-refractivity contribution in [2.75, 3.05) is 7.11 Å². The van der Waals surface area contributed by atoms with Gasteiger partial charge in [-0.05, 0) is 61.1 Å².